The zero-order valence-electron chi connectivity index (χ0n) is 8.40. The minimum atomic E-state index is -2.19. The summed E-state index contributed by atoms with van der Waals surface area (Å²) in [6, 6.07) is 0. The molecule has 0 aliphatic carbocycles. The Hall–Kier alpha value is -2.13. The van der Waals surface area contributed by atoms with Gasteiger partial charge in [-0.3, -0.25) is 0 Å². The molecule has 0 N–H and O–H groups in total. The van der Waals surface area contributed by atoms with E-state index in [4.69, 9.17) is 59.4 Å². The summed E-state index contributed by atoms with van der Waals surface area (Å²) in [5.74, 6) is -13.1. The second-order valence-corrected chi connectivity index (χ2v) is 1.72. The summed E-state index contributed by atoms with van der Waals surface area (Å²) < 4.78 is 0. The van der Waals surface area contributed by atoms with Gasteiger partial charge in [-0.25, -0.2) is 0 Å². The standard InChI is InChI=1S/3C2H2O4.U/c3*3-1(4)2(5)6;/h3*(H,3,4)(H,5,6);/q;;;+6/p-6. The van der Waals surface area contributed by atoms with Gasteiger partial charge in [-0.15, -0.1) is 0 Å². The molecule has 0 amide bonds. The number of aliphatic carboxylic acids is 6. The number of carboxylic acids is 6. The Balaban J connectivity index is -0.0000000865. The SMILES string of the molecule is O=C([O-])C(=O)[O-].O=C([O-])C(=O)[O-].O=C([O-])C(=O)[O-].[U+6]. The van der Waals surface area contributed by atoms with Gasteiger partial charge in [0, 0.05) is 0 Å². The summed E-state index contributed by atoms with van der Waals surface area (Å²) in [5.41, 5.74) is 0. The molecule has 0 aromatic rings. The summed E-state index contributed by atoms with van der Waals surface area (Å²) in [7, 11) is 0. The predicted octanol–water partition coefficient (Wildman–Crippen LogP) is -10.5. The van der Waals surface area contributed by atoms with E-state index in [1.54, 1.807) is 0 Å². The van der Waals surface area contributed by atoms with Gasteiger partial charge in [0.2, 0.25) is 0 Å². The van der Waals surface area contributed by atoms with Crippen LogP contribution >= 0.6 is 0 Å². The van der Waals surface area contributed by atoms with Crippen LogP contribution in [0.1, 0.15) is 0 Å². The third-order valence-corrected chi connectivity index (χ3v) is 0.500. The number of hydrogen-bond donors (Lipinski definition) is 0. The molecule has 0 aromatic heterocycles. The average molecular weight is 502 g/mol. The molecule has 0 saturated heterocycles. The summed E-state index contributed by atoms with van der Waals surface area (Å²) in [6.07, 6.45) is 0. The maximum Gasteiger partial charge on any atom is 6.00 e. The van der Waals surface area contributed by atoms with Gasteiger partial charge in [-0.2, -0.15) is 0 Å². The van der Waals surface area contributed by atoms with Crippen LogP contribution in [-0.2, 0) is 28.8 Å². The fourth-order valence-electron chi connectivity index (χ4n) is 0. The van der Waals surface area contributed by atoms with Crippen LogP contribution in [0.2, 0.25) is 0 Å². The summed E-state index contributed by atoms with van der Waals surface area (Å²) in [4.78, 5) is 53.6. The molecule has 0 unspecified atom stereocenters. The second-order valence-electron chi connectivity index (χ2n) is 1.72. The van der Waals surface area contributed by atoms with Crippen LogP contribution in [0.25, 0.3) is 0 Å². The van der Waals surface area contributed by atoms with E-state index < -0.39 is 35.8 Å². The topological polar surface area (TPSA) is 241 Å². The Morgan fingerprint density at radius 2 is 0.421 bits per heavy atom. The van der Waals surface area contributed by atoms with Gasteiger partial charge in [-0.05, 0) is 0 Å². The van der Waals surface area contributed by atoms with Gasteiger partial charge in [0.25, 0.3) is 0 Å². The van der Waals surface area contributed by atoms with Crippen molar-refractivity contribution >= 4 is 35.8 Å². The van der Waals surface area contributed by atoms with E-state index in [0.29, 0.717) is 0 Å². The molecule has 100 valence electrons. The van der Waals surface area contributed by atoms with Crippen LogP contribution in [-0.4, -0.2) is 35.8 Å². The molecule has 0 aromatic carbocycles. The van der Waals surface area contributed by atoms with Crippen LogP contribution < -0.4 is 30.6 Å². The monoisotopic (exact) mass is 502 g/mol. The molecule has 0 aliphatic heterocycles. The van der Waals surface area contributed by atoms with E-state index in [2.05, 4.69) is 0 Å². The van der Waals surface area contributed by atoms with Gasteiger partial charge in [0.05, 0.1) is 35.8 Å². The summed E-state index contributed by atoms with van der Waals surface area (Å²) in [6.45, 7) is 0. The maximum atomic E-state index is 8.93. The van der Waals surface area contributed by atoms with Crippen molar-refractivity contribution in [3.8, 4) is 0 Å². The Morgan fingerprint density at radius 1 is 0.368 bits per heavy atom. The van der Waals surface area contributed by atoms with Gasteiger partial charge >= 0.3 is 31.1 Å². The van der Waals surface area contributed by atoms with Gasteiger partial charge in [0.1, 0.15) is 0 Å². The molecule has 0 aliphatic rings. The average Bonchev–Trinajstić information content (AvgIpc) is 2.18. The van der Waals surface area contributed by atoms with E-state index in [9.17, 15) is 0 Å². The number of carboxylic acid groups (broad SMARTS) is 6. The Morgan fingerprint density at radius 3 is 0.421 bits per heavy atom. The zero-order chi connectivity index (χ0) is 15.5. The van der Waals surface area contributed by atoms with E-state index in [0.717, 1.165) is 0 Å². The molecule has 0 fully saturated rings. The Labute approximate surface area is 126 Å². The molecule has 0 saturated carbocycles. The van der Waals surface area contributed by atoms with Crippen LogP contribution in [0.3, 0.4) is 0 Å². The molecular weight excluding hydrogens is 502 g/mol. The molecule has 0 heterocycles. The van der Waals surface area contributed by atoms with Gasteiger partial charge in [-0.1, -0.05) is 0 Å². The molecule has 19 heavy (non-hydrogen) atoms. The van der Waals surface area contributed by atoms with Gasteiger partial charge < -0.3 is 59.4 Å². The predicted molar refractivity (Wildman–Crippen MR) is 30.0 cm³/mol. The minimum absolute atomic E-state index is 0. The molecule has 0 radical (unpaired) electrons. The minimum Gasteiger partial charge on any atom is -0.543 e. The van der Waals surface area contributed by atoms with E-state index in [1.807, 2.05) is 0 Å². The van der Waals surface area contributed by atoms with E-state index in [1.165, 1.54) is 0 Å². The molecule has 0 atom stereocenters. The first-order chi connectivity index (χ1) is 7.93. The van der Waals surface area contributed by atoms with Crippen molar-refractivity contribution in [1.82, 2.24) is 0 Å². The third kappa shape index (κ3) is 31.3. The first-order valence-corrected chi connectivity index (χ1v) is 3.20. The van der Waals surface area contributed by atoms with Crippen molar-refractivity contribution in [2.75, 3.05) is 0 Å². The number of rotatable bonds is 0. The zero-order valence-corrected chi connectivity index (χ0v) is 12.6. The molecule has 0 rings (SSSR count). The van der Waals surface area contributed by atoms with Crippen molar-refractivity contribution in [2.45, 2.75) is 0 Å². The van der Waals surface area contributed by atoms with Crippen molar-refractivity contribution in [2.24, 2.45) is 0 Å². The smallest absolute Gasteiger partial charge is 0.543 e. The Bertz CT molecular complexity index is 277. The molecular formula is C6O12U. The van der Waals surface area contributed by atoms with Crippen LogP contribution in [0, 0.1) is 31.1 Å². The van der Waals surface area contributed by atoms with E-state index >= 15 is 0 Å². The van der Waals surface area contributed by atoms with Crippen molar-refractivity contribution in [3.63, 3.8) is 0 Å². The second kappa shape index (κ2) is 13.9. The molecule has 0 spiro atoms. The maximum absolute atomic E-state index is 8.93. The fraction of sp³-hybridized carbons (Fsp3) is 0. The largest absolute Gasteiger partial charge is 6.00 e. The molecule has 13 heteroatoms. The fourth-order valence-corrected chi connectivity index (χ4v) is 0. The quantitative estimate of drug-likeness (QED) is 0.281. The van der Waals surface area contributed by atoms with Crippen LogP contribution in [0.15, 0.2) is 0 Å². The molecule has 0 bridgehead atoms. The first kappa shape index (κ1) is 25.7. The first-order valence-electron chi connectivity index (χ1n) is 3.20. The van der Waals surface area contributed by atoms with Crippen molar-refractivity contribution < 1.29 is 90.5 Å². The van der Waals surface area contributed by atoms with Crippen LogP contribution in [0.4, 0.5) is 0 Å². The third-order valence-electron chi connectivity index (χ3n) is 0.500. The number of hydrogen-bond acceptors (Lipinski definition) is 12. The van der Waals surface area contributed by atoms with Crippen LogP contribution in [0.5, 0.6) is 0 Å². The number of carbonyl (C=O) groups excluding carboxylic acids is 6. The number of carbonyl (C=O) groups is 6. The summed E-state index contributed by atoms with van der Waals surface area (Å²) in [5, 5.41) is 53.6. The normalized spacial score (nSPS) is 6.95. The Kier molecular flexibility index (Phi) is 18.8. The van der Waals surface area contributed by atoms with E-state index in [-0.39, 0.29) is 31.1 Å². The summed E-state index contributed by atoms with van der Waals surface area (Å²) >= 11 is 0. The van der Waals surface area contributed by atoms with Gasteiger partial charge in [0.15, 0.2) is 0 Å². The molecule has 12 nitrogen and oxygen atoms in total. The van der Waals surface area contributed by atoms with Crippen molar-refractivity contribution in [1.29, 1.82) is 0 Å². The van der Waals surface area contributed by atoms with Crippen molar-refractivity contribution in [3.05, 3.63) is 0 Å².